The van der Waals surface area contributed by atoms with Crippen molar-refractivity contribution in [1.29, 1.82) is 0 Å². The summed E-state index contributed by atoms with van der Waals surface area (Å²) >= 11 is 0. The van der Waals surface area contributed by atoms with Crippen LogP contribution in [0.3, 0.4) is 0 Å². The van der Waals surface area contributed by atoms with E-state index in [0.29, 0.717) is 0 Å². The lowest BCUT2D eigenvalue weighted by atomic mass is 10.2. The topological polar surface area (TPSA) is 12.9 Å². The van der Waals surface area contributed by atoms with Crippen molar-refractivity contribution in [3.8, 4) is 0 Å². The lowest BCUT2D eigenvalue weighted by molar-refractivity contribution is 1.05. The van der Waals surface area contributed by atoms with Gasteiger partial charge in [0.1, 0.15) is 0 Å². The van der Waals surface area contributed by atoms with Crippen LogP contribution in [0.5, 0.6) is 0 Å². The average molecular weight is 261 g/mol. The lowest BCUT2D eigenvalue weighted by Crippen LogP contribution is -2.13. The normalized spacial score (nSPS) is 10.7. The van der Waals surface area contributed by atoms with Crippen LogP contribution < -0.4 is 5.19 Å². The van der Waals surface area contributed by atoms with Gasteiger partial charge in [-0.25, -0.2) is 0 Å². The van der Waals surface area contributed by atoms with Crippen molar-refractivity contribution in [2.24, 2.45) is 0 Å². The van der Waals surface area contributed by atoms with Crippen molar-refractivity contribution in [2.45, 2.75) is 12.5 Å². The van der Waals surface area contributed by atoms with Crippen LogP contribution >= 0.6 is 0 Å². The van der Waals surface area contributed by atoms with E-state index in [4.69, 9.17) is 4.98 Å². The fourth-order valence-electron chi connectivity index (χ4n) is 2.14. The molecule has 0 atom stereocenters. The number of pyridine rings is 1. The summed E-state index contributed by atoms with van der Waals surface area (Å²) in [6, 6.07) is 24.5. The van der Waals surface area contributed by atoms with Crippen LogP contribution in [0.15, 0.2) is 66.7 Å². The third kappa shape index (κ3) is 3.09. The van der Waals surface area contributed by atoms with Crippen LogP contribution in [0.2, 0.25) is 6.04 Å². The van der Waals surface area contributed by atoms with Crippen molar-refractivity contribution in [1.82, 2.24) is 4.98 Å². The van der Waals surface area contributed by atoms with Crippen LogP contribution in [0, 0.1) is 0 Å². The van der Waals surface area contributed by atoms with Gasteiger partial charge in [0.2, 0.25) is 0 Å². The zero-order valence-corrected chi connectivity index (χ0v) is 11.7. The minimum absolute atomic E-state index is 0.867. The second-order valence-electron chi connectivity index (χ2n) is 4.54. The molecule has 19 heavy (non-hydrogen) atoms. The highest BCUT2D eigenvalue weighted by Gasteiger charge is 1.99. The predicted octanol–water partition coefficient (Wildman–Crippen LogP) is 3.23. The summed E-state index contributed by atoms with van der Waals surface area (Å²) in [5.74, 6) is 0. The van der Waals surface area contributed by atoms with Crippen LogP contribution in [-0.4, -0.2) is 14.5 Å². The Labute approximate surface area is 116 Å². The van der Waals surface area contributed by atoms with E-state index in [1.165, 1.54) is 22.3 Å². The molecule has 0 bridgehead atoms. The van der Waals surface area contributed by atoms with E-state index < -0.39 is 0 Å². The Kier molecular flexibility index (Phi) is 3.70. The van der Waals surface area contributed by atoms with Crippen molar-refractivity contribution >= 4 is 25.6 Å². The Hall–Kier alpha value is -1.93. The van der Waals surface area contributed by atoms with Gasteiger partial charge in [-0.05, 0) is 18.6 Å². The molecular formula is C17H15NSi. The first kappa shape index (κ1) is 12.1. The quantitative estimate of drug-likeness (QED) is 0.657. The minimum Gasteiger partial charge on any atom is -0.253 e. The largest absolute Gasteiger partial charge is 0.253 e. The molecule has 0 aliphatic carbocycles. The van der Waals surface area contributed by atoms with Crippen LogP contribution in [0.4, 0.5) is 0 Å². The summed E-state index contributed by atoms with van der Waals surface area (Å²) in [5, 5.41) is 2.65. The van der Waals surface area contributed by atoms with Crippen LogP contribution in [-0.2, 0) is 6.42 Å². The van der Waals surface area contributed by atoms with Crippen molar-refractivity contribution < 1.29 is 0 Å². The molecule has 2 radical (unpaired) electrons. The van der Waals surface area contributed by atoms with Crippen LogP contribution in [0.1, 0.15) is 5.69 Å². The van der Waals surface area contributed by atoms with Gasteiger partial charge in [0.05, 0.1) is 15.0 Å². The first-order chi connectivity index (χ1) is 9.42. The van der Waals surface area contributed by atoms with E-state index in [9.17, 15) is 0 Å². The number of hydrogen-bond donors (Lipinski definition) is 0. The Bertz CT molecular complexity index is 664. The van der Waals surface area contributed by atoms with Crippen molar-refractivity contribution in [3.63, 3.8) is 0 Å². The van der Waals surface area contributed by atoms with Gasteiger partial charge in [-0.2, -0.15) is 0 Å². The summed E-state index contributed by atoms with van der Waals surface area (Å²) in [4.78, 5) is 4.71. The molecule has 0 saturated heterocycles. The summed E-state index contributed by atoms with van der Waals surface area (Å²) in [5.41, 5.74) is 2.30. The van der Waals surface area contributed by atoms with Gasteiger partial charge >= 0.3 is 0 Å². The highest BCUT2D eigenvalue weighted by atomic mass is 28.2. The number of aryl methyl sites for hydroxylation is 1. The second kappa shape index (κ2) is 5.80. The second-order valence-corrected chi connectivity index (χ2v) is 5.97. The molecule has 92 valence electrons. The van der Waals surface area contributed by atoms with E-state index in [2.05, 4.69) is 60.7 Å². The molecule has 1 nitrogen and oxygen atoms in total. The molecular weight excluding hydrogens is 246 g/mol. The third-order valence-corrected chi connectivity index (χ3v) is 4.38. The molecule has 1 heterocycles. The lowest BCUT2D eigenvalue weighted by Gasteiger charge is -2.03. The highest BCUT2D eigenvalue weighted by Crippen LogP contribution is 2.12. The van der Waals surface area contributed by atoms with E-state index in [1.807, 2.05) is 6.07 Å². The van der Waals surface area contributed by atoms with E-state index in [-0.39, 0.29) is 0 Å². The number of para-hydroxylation sites is 1. The Morgan fingerprint density at radius 3 is 2.47 bits per heavy atom. The van der Waals surface area contributed by atoms with Gasteiger partial charge in [0.25, 0.3) is 0 Å². The van der Waals surface area contributed by atoms with Crippen molar-refractivity contribution in [2.75, 3.05) is 0 Å². The number of aromatic nitrogens is 1. The number of fused-ring (bicyclic) bond motifs is 1. The number of rotatable bonds is 4. The number of hydrogen-bond acceptors (Lipinski definition) is 1. The molecule has 3 rings (SSSR count). The third-order valence-electron chi connectivity index (χ3n) is 3.14. The van der Waals surface area contributed by atoms with E-state index >= 15 is 0 Å². The molecule has 0 aliphatic rings. The predicted molar refractivity (Wildman–Crippen MR) is 82.1 cm³/mol. The molecule has 0 spiro atoms. The molecule has 2 heteroatoms. The molecule has 1 aromatic heterocycles. The van der Waals surface area contributed by atoms with E-state index in [0.717, 1.165) is 21.5 Å². The Morgan fingerprint density at radius 2 is 1.58 bits per heavy atom. The van der Waals surface area contributed by atoms with Gasteiger partial charge in [-0.3, -0.25) is 4.98 Å². The van der Waals surface area contributed by atoms with Crippen molar-refractivity contribution in [3.05, 3.63) is 72.4 Å². The molecule has 0 aliphatic heterocycles. The first-order valence-corrected chi connectivity index (χ1v) is 7.76. The average Bonchev–Trinajstić information content (AvgIpc) is 2.48. The van der Waals surface area contributed by atoms with Gasteiger partial charge in [-0.1, -0.05) is 65.8 Å². The molecule has 0 N–H and O–H groups in total. The maximum Gasteiger partial charge on any atom is 0.0811 e. The SMILES string of the molecule is c1ccc([Si]CCc2ccc3ccccc3n2)cc1. The maximum atomic E-state index is 4.71. The molecule has 0 amide bonds. The molecule has 0 unspecified atom stereocenters. The monoisotopic (exact) mass is 261 g/mol. The molecule has 0 saturated carbocycles. The summed E-state index contributed by atoms with van der Waals surface area (Å²) < 4.78 is 0. The number of nitrogens with zero attached hydrogens (tertiary/aromatic N) is 1. The smallest absolute Gasteiger partial charge is 0.0811 e. The van der Waals surface area contributed by atoms with Gasteiger partial charge in [0, 0.05) is 11.1 Å². The zero-order valence-electron chi connectivity index (χ0n) is 10.7. The Balaban J connectivity index is 1.65. The van der Waals surface area contributed by atoms with Gasteiger partial charge in [0.15, 0.2) is 0 Å². The minimum atomic E-state index is 0.867. The highest BCUT2D eigenvalue weighted by molar-refractivity contribution is 6.53. The first-order valence-electron chi connectivity index (χ1n) is 6.55. The Morgan fingerprint density at radius 1 is 0.789 bits per heavy atom. The molecule has 3 aromatic rings. The summed E-state index contributed by atoms with van der Waals surface area (Å²) in [7, 11) is 0.867. The van der Waals surface area contributed by atoms with E-state index in [1.54, 1.807) is 0 Å². The maximum absolute atomic E-state index is 4.71. The zero-order chi connectivity index (χ0) is 12.9. The fraction of sp³-hybridized carbons (Fsp3) is 0.118. The summed E-state index contributed by atoms with van der Waals surface area (Å²) in [6.45, 7) is 0. The molecule has 2 aromatic carbocycles. The standard InChI is InChI=1S/C17H15NSi/c1-2-7-16(8-3-1)19-13-12-15-11-10-14-6-4-5-9-17(14)18-15/h1-11H,12-13H2. The molecule has 0 fully saturated rings. The van der Waals surface area contributed by atoms with Crippen LogP contribution in [0.25, 0.3) is 10.9 Å². The van der Waals surface area contributed by atoms with Gasteiger partial charge < -0.3 is 0 Å². The van der Waals surface area contributed by atoms with Gasteiger partial charge in [-0.15, -0.1) is 0 Å². The number of benzene rings is 2. The summed E-state index contributed by atoms with van der Waals surface area (Å²) in [6.07, 6.45) is 1.05. The fourth-order valence-corrected chi connectivity index (χ4v) is 3.24.